The van der Waals surface area contributed by atoms with Gasteiger partial charge in [0.1, 0.15) is 0 Å². The van der Waals surface area contributed by atoms with Crippen LogP contribution in [0.15, 0.2) is 60.4 Å². The van der Waals surface area contributed by atoms with Gasteiger partial charge in [0.25, 0.3) is 11.1 Å². The second kappa shape index (κ2) is 12.5. The predicted octanol–water partition coefficient (Wildman–Crippen LogP) is 3.89. The van der Waals surface area contributed by atoms with Crippen molar-refractivity contribution in [3.05, 3.63) is 77.4 Å². The van der Waals surface area contributed by atoms with E-state index in [-0.39, 0.29) is 11.1 Å². The van der Waals surface area contributed by atoms with Crippen LogP contribution in [0.4, 0.5) is 10.7 Å². The summed E-state index contributed by atoms with van der Waals surface area (Å²) in [5.74, 6) is 0.242. The Balaban J connectivity index is 1.25. The van der Waals surface area contributed by atoms with Gasteiger partial charge >= 0.3 is 0 Å². The first-order valence-corrected chi connectivity index (χ1v) is 12.9. The summed E-state index contributed by atoms with van der Waals surface area (Å²) < 4.78 is 0. The Morgan fingerprint density at radius 3 is 2.72 bits per heavy atom. The van der Waals surface area contributed by atoms with Gasteiger partial charge in [0.15, 0.2) is 0 Å². The van der Waals surface area contributed by atoms with Crippen molar-refractivity contribution in [3.8, 4) is 0 Å². The van der Waals surface area contributed by atoms with Gasteiger partial charge in [-0.1, -0.05) is 24.8 Å². The van der Waals surface area contributed by atoms with Crippen LogP contribution in [0.2, 0.25) is 0 Å². The number of carbonyl (C=O) groups is 2. The van der Waals surface area contributed by atoms with Gasteiger partial charge in [0, 0.05) is 43.1 Å². The largest absolute Gasteiger partial charge is 0.361 e. The SMILES string of the molecule is C=C(N/C=C\C)c1ncccc1CN[C@H]1CC[C@H](Nc2nccc(C/C=C3\SC(=O)NC3=O)n2)CC1. The van der Waals surface area contributed by atoms with Crippen LogP contribution in [0, 0.1) is 0 Å². The van der Waals surface area contributed by atoms with E-state index in [0.717, 1.165) is 66.6 Å². The molecule has 36 heavy (non-hydrogen) atoms. The number of anilines is 1. The molecule has 2 amide bonds. The molecule has 2 aliphatic rings. The van der Waals surface area contributed by atoms with E-state index in [4.69, 9.17) is 0 Å². The van der Waals surface area contributed by atoms with Crippen LogP contribution in [0.5, 0.6) is 0 Å². The molecule has 0 unspecified atom stereocenters. The summed E-state index contributed by atoms with van der Waals surface area (Å²) in [6, 6.07) is 6.60. The summed E-state index contributed by atoms with van der Waals surface area (Å²) in [5, 5.41) is 12.2. The molecule has 1 saturated heterocycles. The molecule has 0 aromatic carbocycles. The van der Waals surface area contributed by atoms with Crippen molar-refractivity contribution in [1.29, 1.82) is 0 Å². The van der Waals surface area contributed by atoms with Crippen molar-refractivity contribution in [3.63, 3.8) is 0 Å². The first-order chi connectivity index (χ1) is 17.5. The van der Waals surface area contributed by atoms with E-state index in [0.29, 0.717) is 29.4 Å². The maximum atomic E-state index is 11.7. The minimum atomic E-state index is -0.349. The van der Waals surface area contributed by atoms with Crippen molar-refractivity contribution in [2.75, 3.05) is 5.32 Å². The maximum absolute atomic E-state index is 11.7. The fourth-order valence-corrected chi connectivity index (χ4v) is 4.87. The lowest BCUT2D eigenvalue weighted by Gasteiger charge is -2.30. The lowest BCUT2D eigenvalue weighted by Crippen LogP contribution is -2.37. The molecule has 2 aromatic rings. The first-order valence-electron chi connectivity index (χ1n) is 12.1. The number of rotatable bonds is 10. The molecule has 9 nitrogen and oxygen atoms in total. The highest BCUT2D eigenvalue weighted by Crippen LogP contribution is 2.24. The van der Waals surface area contributed by atoms with Gasteiger partial charge in [0.05, 0.1) is 16.3 Å². The van der Waals surface area contributed by atoms with Crippen LogP contribution in [0.1, 0.15) is 49.6 Å². The quantitative estimate of drug-likeness (QED) is 0.356. The Morgan fingerprint density at radius 1 is 1.17 bits per heavy atom. The number of pyridine rings is 1. The monoisotopic (exact) mass is 505 g/mol. The first kappa shape index (κ1) is 25.6. The minimum absolute atomic E-state index is 0.309. The van der Waals surface area contributed by atoms with Gasteiger partial charge in [-0.15, -0.1) is 0 Å². The van der Waals surface area contributed by atoms with Crippen molar-refractivity contribution >= 4 is 34.6 Å². The molecule has 0 spiro atoms. The van der Waals surface area contributed by atoms with E-state index in [9.17, 15) is 9.59 Å². The van der Waals surface area contributed by atoms with Crippen LogP contribution >= 0.6 is 11.8 Å². The highest BCUT2D eigenvalue weighted by molar-refractivity contribution is 8.18. The van der Waals surface area contributed by atoms with Gasteiger partial charge in [-0.25, -0.2) is 9.97 Å². The second-order valence-electron chi connectivity index (χ2n) is 8.70. The molecule has 0 atom stereocenters. The van der Waals surface area contributed by atoms with E-state index in [1.807, 2.05) is 31.3 Å². The van der Waals surface area contributed by atoms with Crippen LogP contribution in [-0.2, 0) is 17.8 Å². The average molecular weight is 506 g/mol. The number of allylic oxidation sites excluding steroid dienone is 2. The van der Waals surface area contributed by atoms with Gasteiger partial charge in [-0.05, 0) is 68.3 Å². The van der Waals surface area contributed by atoms with Crippen molar-refractivity contribution in [2.24, 2.45) is 0 Å². The number of thioether (sulfide) groups is 1. The molecule has 1 saturated carbocycles. The molecule has 1 aliphatic heterocycles. The van der Waals surface area contributed by atoms with E-state index in [1.54, 1.807) is 18.5 Å². The third-order valence-electron chi connectivity index (χ3n) is 6.09. The predicted molar refractivity (Wildman–Crippen MR) is 143 cm³/mol. The zero-order valence-corrected chi connectivity index (χ0v) is 21.1. The third kappa shape index (κ3) is 7.02. The normalized spacial score (nSPS) is 21.1. The maximum Gasteiger partial charge on any atom is 0.290 e. The summed E-state index contributed by atoms with van der Waals surface area (Å²) in [6.07, 6.45) is 13.6. The molecular weight excluding hydrogens is 474 g/mol. The molecule has 2 fully saturated rings. The fraction of sp³-hybridized carbons (Fsp3) is 0.346. The number of nitrogens with zero attached hydrogens (tertiary/aromatic N) is 3. The van der Waals surface area contributed by atoms with Crippen molar-refractivity contribution in [1.82, 2.24) is 30.9 Å². The highest BCUT2D eigenvalue weighted by Gasteiger charge is 2.25. The summed E-state index contributed by atoms with van der Waals surface area (Å²) in [7, 11) is 0. The fourth-order valence-electron chi connectivity index (χ4n) is 4.22. The molecule has 1 aliphatic carbocycles. The summed E-state index contributed by atoms with van der Waals surface area (Å²) in [6.45, 7) is 6.80. The van der Waals surface area contributed by atoms with Crippen molar-refractivity contribution < 1.29 is 9.59 Å². The molecule has 188 valence electrons. The second-order valence-corrected chi connectivity index (χ2v) is 9.71. The van der Waals surface area contributed by atoms with E-state index >= 15 is 0 Å². The summed E-state index contributed by atoms with van der Waals surface area (Å²) >= 11 is 0.916. The Morgan fingerprint density at radius 2 is 1.97 bits per heavy atom. The molecule has 4 rings (SSSR count). The zero-order valence-electron chi connectivity index (χ0n) is 20.3. The number of amides is 2. The topological polar surface area (TPSA) is 121 Å². The van der Waals surface area contributed by atoms with Gasteiger partial charge in [-0.2, -0.15) is 0 Å². The molecule has 4 N–H and O–H groups in total. The lowest BCUT2D eigenvalue weighted by atomic mass is 9.91. The van der Waals surface area contributed by atoms with E-state index in [1.165, 1.54) is 0 Å². The minimum Gasteiger partial charge on any atom is -0.361 e. The zero-order chi connectivity index (χ0) is 25.3. The van der Waals surface area contributed by atoms with Gasteiger partial charge in [0.2, 0.25) is 5.95 Å². The summed E-state index contributed by atoms with van der Waals surface area (Å²) in [5.41, 5.74) is 3.58. The smallest absolute Gasteiger partial charge is 0.290 e. The number of hydrogen-bond acceptors (Lipinski definition) is 9. The average Bonchev–Trinajstić information content (AvgIpc) is 3.22. The highest BCUT2D eigenvalue weighted by atomic mass is 32.2. The lowest BCUT2D eigenvalue weighted by molar-refractivity contribution is -0.115. The van der Waals surface area contributed by atoms with Crippen LogP contribution in [0.3, 0.4) is 0 Å². The van der Waals surface area contributed by atoms with Crippen molar-refractivity contribution in [2.45, 2.75) is 57.7 Å². The number of hydrogen-bond donors (Lipinski definition) is 4. The number of carbonyl (C=O) groups excluding carboxylic acids is 2. The third-order valence-corrected chi connectivity index (χ3v) is 6.95. The molecule has 0 radical (unpaired) electrons. The molecule has 3 heterocycles. The van der Waals surface area contributed by atoms with E-state index in [2.05, 4.69) is 48.9 Å². The van der Waals surface area contributed by atoms with Crippen LogP contribution in [0.25, 0.3) is 5.70 Å². The molecule has 2 aromatic heterocycles. The Labute approximate surface area is 215 Å². The van der Waals surface area contributed by atoms with Gasteiger partial charge < -0.3 is 16.0 Å². The molecular formula is C26H31N7O2S. The Kier molecular flexibility index (Phi) is 8.85. The van der Waals surface area contributed by atoms with Crippen LogP contribution in [-0.4, -0.2) is 38.2 Å². The standard InChI is InChI=1S/C26H31N7O2S/c1-3-13-27-17(2)23-18(5-4-14-28-23)16-30-19-6-8-20(9-7-19)31-25-29-15-12-21(32-25)10-11-22-24(34)33-26(35)36-22/h3-5,11-15,19-20,27,30H,2,6-10,16H2,1H3,(H,29,31,32)(H,33,34,35)/b13-3-,22-11-/t19-,20-. The van der Waals surface area contributed by atoms with E-state index < -0.39 is 0 Å². The number of imide groups is 1. The number of nitrogens with one attached hydrogen (secondary N) is 4. The van der Waals surface area contributed by atoms with Gasteiger partial charge in [-0.3, -0.25) is 19.9 Å². The molecule has 10 heteroatoms. The summed E-state index contributed by atoms with van der Waals surface area (Å²) in [4.78, 5) is 36.8. The number of aromatic nitrogens is 3. The Bertz CT molecular complexity index is 1170. The van der Waals surface area contributed by atoms with Crippen LogP contribution < -0.4 is 21.3 Å². The Hall–Kier alpha value is -3.50. The molecule has 0 bridgehead atoms.